The molecule has 0 aliphatic rings. The largest absolute Gasteiger partial charge is 0.493 e. The molecule has 0 fully saturated rings. The molecular weight excluding hydrogens is 278 g/mol. The van der Waals surface area contributed by atoms with E-state index in [4.69, 9.17) is 0 Å². The van der Waals surface area contributed by atoms with E-state index in [1.807, 2.05) is 0 Å². The van der Waals surface area contributed by atoms with E-state index >= 15 is 0 Å². The zero-order valence-electron chi connectivity index (χ0n) is 10.7. The molecule has 2 aromatic heterocycles. The van der Waals surface area contributed by atoms with Crippen molar-refractivity contribution in [3.63, 3.8) is 0 Å². The number of hydrogen-bond donors (Lipinski definition) is 1. The average Bonchev–Trinajstić information content (AvgIpc) is 2.97. The highest BCUT2D eigenvalue weighted by Gasteiger charge is 2.13. The van der Waals surface area contributed by atoms with Gasteiger partial charge in [0.05, 0.1) is 11.9 Å². The summed E-state index contributed by atoms with van der Waals surface area (Å²) in [6.07, 6.45) is 3.88. The van der Waals surface area contributed by atoms with Gasteiger partial charge in [-0.15, -0.1) is 0 Å². The molecule has 21 heavy (non-hydrogen) atoms. The normalized spacial score (nSPS) is 11.0. The molecule has 7 heteroatoms. The summed E-state index contributed by atoms with van der Waals surface area (Å²) >= 11 is 0. The third-order valence-corrected chi connectivity index (χ3v) is 2.97. The third kappa shape index (κ3) is 2.58. The summed E-state index contributed by atoms with van der Waals surface area (Å²) in [6.45, 7) is -2.69. The van der Waals surface area contributed by atoms with Gasteiger partial charge in [-0.25, -0.2) is 14.6 Å². The highest BCUT2D eigenvalue weighted by atomic mass is 19.3. The van der Waals surface area contributed by atoms with Crippen LogP contribution in [0.25, 0.3) is 22.4 Å². The molecule has 1 aromatic carbocycles. The van der Waals surface area contributed by atoms with Gasteiger partial charge in [0.2, 0.25) is 5.88 Å². The Balaban J connectivity index is 2.11. The van der Waals surface area contributed by atoms with Crippen molar-refractivity contribution in [3.8, 4) is 28.3 Å². The lowest BCUT2D eigenvalue weighted by Crippen LogP contribution is -1.96. The highest BCUT2D eigenvalue weighted by Crippen LogP contribution is 2.31. The monoisotopic (exact) mass is 288 g/mol. The Bertz CT molecular complexity index is 773. The van der Waals surface area contributed by atoms with Gasteiger partial charge < -0.3 is 5.11 Å². The number of hydrogen-bond acceptors (Lipinski definition) is 4. The number of benzene rings is 1. The van der Waals surface area contributed by atoms with Crippen LogP contribution in [0.15, 0.2) is 49.1 Å². The summed E-state index contributed by atoms with van der Waals surface area (Å²) in [5.41, 5.74) is 2.44. The lowest BCUT2D eigenvalue weighted by Gasteiger charge is -2.07. The molecule has 0 atom stereocenters. The number of nitrogens with zero attached hydrogens (tertiary/aromatic N) is 4. The maximum Gasteiger partial charge on any atom is 0.333 e. The summed E-state index contributed by atoms with van der Waals surface area (Å²) in [4.78, 5) is 7.72. The molecular formula is C14H10F2N4O. The van der Waals surface area contributed by atoms with Crippen molar-refractivity contribution in [1.82, 2.24) is 19.7 Å². The predicted octanol–water partition coefficient (Wildman–Crippen LogP) is 3.11. The van der Waals surface area contributed by atoms with Crippen molar-refractivity contribution < 1.29 is 13.9 Å². The van der Waals surface area contributed by atoms with E-state index in [0.29, 0.717) is 27.1 Å². The van der Waals surface area contributed by atoms with E-state index in [0.717, 1.165) is 0 Å². The molecule has 2 heterocycles. The number of rotatable bonds is 3. The van der Waals surface area contributed by atoms with E-state index in [-0.39, 0.29) is 5.88 Å². The fourth-order valence-electron chi connectivity index (χ4n) is 2.04. The van der Waals surface area contributed by atoms with E-state index in [9.17, 15) is 13.9 Å². The van der Waals surface area contributed by atoms with Gasteiger partial charge in [-0.1, -0.05) is 24.3 Å². The molecule has 0 unspecified atom stereocenters. The zero-order valence-corrected chi connectivity index (χ0v) is 10.7. The number of alkyl halides is 2. The Morgan fingerprint density at radius 3 is 2.52 bits per heavy atom. The van der Waals surface area contributed by atoms with Crippen LogP contribution >= 0.6 is 0 Å². The van der Waals surface area contributed by atoms with Gasteiger partial charge in [-0.05, 0) is 5.56 Å². The van der Waals surface area contributed by atoms with Crippen LogP contribution in [-0.4, -0.2) is 24.9 Å². The molecule has 0 spiro atoms. The molecule has 106 valence electrons. The summed E-state index contributed by atoms with van der Waals surface area (Å²) in [7, 11) is 0. The first-order valence-electron chi connectivity index (χ1n) is 6.08. The Morgan fingerprint density at radius 1 is 1.10 bits per heavy atom. The molecule has 0 aliphatic carbocycles. The van der Waals surface area contributed by atoms with Crippen LogP contribution in [0.4, 0.5) is 8.78 Å². The van der Waals surface area contributed by atoms with Gasteiger partial charge in [-0.2, -0.15) is 13.9 Å². The van der Waals surface area contributed by atoms with Crippen LogP contribution in [0.3, 0.4) is 0 Å². The minimum atomic E-state index is -2.69. The van der Waals surface area contributed by atoms with Gasteiger partial charge in [0.1, 0.15) is 6.33 Å². The van der Waals surface area contributed by atoms with Crippen molar-refractivity contribution in [2.45, 2.75) is 6.55 Å². The third-order valence-electron chi connectivity index (χ3n) is 2.97. The van der Waals surface area contributed by atoms with Crippen LogP contribution in [0, 0.1) is 0 Å². The molecule has 5 nitrogen and oxygen atoms in total. The van der Waals surface area contributed by atoms with Crippen molar-refractivity contribution in [2.24, 2.45) is 0 Å². The molecule has 1 N–H and O–H groups in total. The fraction of sp³-hybridized carbons (Fsp3) is 0.0714. The van der Waals surface area contributed by atoms with Crippen molar-refractivity contribution in [2.75, 3.05) is 0 Å². The highest BCUT2D eigenvalue weighted by molar-refractivity contribution is 5.81. The minimum Gasteiger partial charge on any atom is -0.493 e. The van der Waals surface area contributed by atoms with Gasteiger partial charge in [-0.3, -0.25) is 0 Å². The second-order valence-electron chi connectivity index (χ2n) is 4.29. The number of aromatic nitrogens is 4. The second kappa shape index (κ2) is 5.28. The van der Waals surface area contributed by atoms with Gasteiger partial charge in [0, 0.05) is 23.4 Å². The van der Waals surface area contributed by atoms with Crippen molar-refractivity contribution in [1.29, 1.82) is 0 Å². The van der Waals surface area contributed by atoms with Crippen LogP contribution in [0.2, 0.25) is 0 Å². The molecule has 0 radical (unpaired) electrons. The van der Waals surface area contributed by atoms with Gasteiger partial charge >= 0.3 is 6.55 Å². The first kappa shape index (κ1) is 13.2. The van der Waals surface area contributed by atoms with E-state index in [2.05, 4.69) is 15.1 Å². The molecule has 0 saturated carbocycles. The number of aromatic hydroxyl groups is 1. The lowest BCUT2D eigenvalue weighted by molar-refractivity contribution is 0.0566. The Labute approximate surface area is 118 Å². The Morgan fingerprint density at radius 2 is 1.86 bits per heavy atom. The first-order valence-corrected chi connectivity index (χ1v) is 6.08. The molecule has 0 amide bonds. The summed E-state index contributed by atoms with van der Waals surface area (Å²) < 4.78 is 25.8. The van der Waals surface area contributed by atoms with Gasteiger partial charge in [0.25, 0.3) is 0 Å². The average molecular weight is 288 g/mol. The predicted molar refractivity (Wildman–Crippen MR) is 71.6 cm³/mol. The first-order chi connectivity index (χ1) is 10.1. The molecule has 0 saturated heterocycles. The molecule has 0 bridgehead atoms. The van der Waals surface area contributed by atoms with Crippen LogP contribution < -0.4 is 0 Å². The maximum absolute atomic E-state index is 12.6. The van der Waals surface area contributed by atoms with Gasteiger partial charge in [0.15, 0.2) is 0 Å². The van der Waals surface area contributed by atoms with Crippen LogP contribution in [0.1, 0.15) is 6.55 Å². The standard InChI is InChI=1S/C14H10F2N4O/c15-14(16)20-7-9(6-19-20)10-3-1-2-4-11(10)12-5-13(21)18-8-17-12/h1-8,14H,(H,17,18,21). The summed E-state index contributed by atoms with van der Waals surface area (Å²) in [5, 5.41) is 13.1. The smallest absolute Gasteiger partial charge is 0.333 e. The van der Waals surface area contributed by atoms with Crippen molar-refractivity contribution in [3.05, 3.63) is 49.1 Å². The van der Waals surface area contributed by atoms with E-state index < -0.39 is 6.55 Å². The van der Waals surface area contributed by atoms with Crippen LogP contribution in [-0.2, 0) is 0 Å². The van der Waals surface area contributed by atoms with E-state index in [1.54, 1.807) is 24.3 Å². The number of halogens is 2. The maximum atomic E-state index is 12.6. The molecule has 3 aromatic rings. The molecule has 0 aliphatic heterocycles. The molecule has 3 rings (SSSR count). The summed E-state index contributed by atoms with van der Waals surface area (Å²) in [6, 6.07) is 8.57. The Kier molecular flexibility index (Phi) is 3.31. The second-order valence-corrected chi connectivity index (χ2v) is 4.29. The van der Waals surface area contributed by atoms with Crippen molar-refractivity contribution >= 4 is 0 Å². The lowest BCUT2D eigenvalue weighted by atomic mass is 10.00. The minimum absolute atomic E-state index is 0.155. The quantitative estimate of drug-likeness (QED) is 0.804. The summed E-state index contributed by atoms with van der Waals surface area (Å²) in [5.74, 6) is -0.155. The fourth-order valence-corrected chi connectivity index (χ4v) is 2.04. The SMILES string of the molecule is Oc1cc(-c2ccccc2-c2cnn(C(F)F)c2)ncn1. The Hall–Kier alpha value is -2.83. The zero-order chi connectivity index (χ0) is 14.8. The topological polar surface area (TPSA) is 63.8 Å². The van der Waals surface area contributed by atoms with Crippen LogP contribution in [0.5, 0.6) is 5.88 Å². The van der Waals surface area contributed by atoms with E-state index in [1.165, 1.54) is 24.8 Å².